The molecule has 0 aromatic heterocycles. The normalized spacial score (nSPS) is 12.5. The molecule has 14 N–H and O–H groups in total. The van der Waals surface area contributed by atoms with E-state index in [1.807, 2.05) is 0 Å². The number of rotatable bonds is 55. The van der Waals surface area contributed by atoms with Crippen LogP contribution in [0.5, 0.6) is 0 Å². The van der Waals surface area contributed by atoms with Gasteiger partial charge in [-0.25, -0.2) is 14.4 Å². The fourth-order valence-electron chi connectivity index (χ4n) is 7.56. The monoisotopic (exact) mass is 1150 g/mol. The molecule has 0 fully saturated rings. The highest BCUT2D eigenvalue weighted by molar-refractivity contribution is 7.78. The van der Waals surface area contributed by atoms with Crippen LogP contribution < -0.4 is 42.4 Å². The van der Waals surface area contributed by atoms with E-state index < -0.39 is 90.6 Å². The molecular weight excluding hydrogens is 1060 g/mol. The predicted molar refractivity (Wildman–Crippen MR) is 292 cm³/mol. The lowest BCUT2D eigenvalue weighted by molar-refractivity contribution is -0.144. The molecule has 0 rings (SSSR count). The van der Waals surface area contributed by atoms with Crippen molar-refractivity contribution >= 4 is 78.0 Å². The summed E-state index contributed by atoms with van der Waals surface area (Å²) in [5, 5.41) is 59.6. The summed E-state index contributed by atoms with van der Waals surface area (Å²) in [6.07, 6.45) is 15.6. The standard InChI is InChI=1S/C51H91N9O18S/c52-48(53)37(60-79)17-15-16-26-54-41(61)23-20-39(50(71)72)58-44(64)25-22-40(51(73)74)59-46(66)36-78-34-32-76-30-28-56-45(65)35-77-33-31-75-29-27-55-42(62)24-21-38(49(69)70)57-43(63)18-13-11-9-7-5-3-1-2-4-6-8-10-12-14-19-47(67)68/h37-40,60,79H,1-36H2,(H3,52,53)(H,54,61)(H,55,62)(H,56,65)(H,57,63)(H,58,64)(H,59,66)(H,67,68)(H,69,70)(H,71,72)(H,73,74). The molecule has 0 saturated carbocycles. The highest BCUT2D eigenvalue weighted by atomic mass is 32.1. The van der Waals surface area contributed by atoms with Gasteiger partial charge in [0, 0.05) is 51.7 Å². The number of hydrogen-bond donors (Lipinski definition) is 14. The number of carbonyl (C=O) groups is 10. The van der Waals surface area contributed by atoms with Gasteiger partial charge < -0.3 is 77.0 Å². The van der Waals surface area contributed by atoms with Crippen molar-refractivity contribution in [1.82, 2.24) is 36.6 Å². The van der Waals surface area contributed by atoms with Gasteiger partial charge in [-0.15, -0.1) is 0 Å². The van der Waals surface area contributed by atoms with Crippen LogP contribution in [0.25, 0.3) is 0 Å². The van der Waals surface area contributed by atoms with Crippen molar-refractivity contribution in [3.63, 3.8) is 0 Å². The number of nitrogens with one attached hydrogen (secondary N) is 8. The summed E-state index contributed by atoms with van der Waals surface area (Å²) in [6.45, 7) is 0.298. The van der Waals surface area contributed by atoms with Gasteiger partial charge in [0.1, 0.15) is 37.2 Å². The van der Waals surface area contributed by atoms with Crippen molar-refractivity contribution in [3.8, 4) is 0 Å². The van der Waals surface area contributed by atoms with Crippen LogP contribution >= 0.6 is 12.8 Å². The number of amides is 6. The molecule has 0 aliphatic rings. The van der Waals surface area contributed by atoms with Gasteiger partial charge in [0.15, 0.2) is 0 Å². The first-order valence-corrected chi connectivity index (χ1v) is 27.9. The third-order valence-electron chi connectivity index (χ3n) is 12.0. The van der Waals surface area contributed by atoms with E-state index in [9.17, 15) is 63.3 Å². The first kappa shape index (κ1) is 73.3. The number of carboxylic acids is 4. The lowest BCUT2D eigenvalue weighted by Gasteiger charge is -2.17. The van der Waals surface area contributed by atoms with Crippen LogP contribution in [0.2, 0.25) is 0 Å². The smallest absolute Gasteiger partial charge is 0.326 e. The zero-order valence-electron chi connectivity index (χ0n) is 45.8. The zero-order valence-corrected chi connectivity index (χ0v) is 46.7. The number of hydrogen-bond acceptors (Lipinski definition) is 17. The molecule has 79 heavy (non-hydrogen) atoms. The van der Waals surface area contributed by atoms with Crippen molar-refractivity contribution in [2.45, 2.75) is 185 Å². The van der Waals surface area contributed by atoms with E-state index >= 15 is 0 Å². The number of amidine groups is 1. The molecule has 0 spiro atoms. The largest absolute Gasteiger partial charge is 0.481 e. The highest BCUT2D eigenvalue weighted by Crippen LogP contribution is 2.14. The van der Waals surface area contributed by atoms with Crippen LogP contribution in [0, 0.1) is 5.41 Å². The highest BCUT2D eigenvalue weighted by Gasteiger charge is 2.25. The molecule has 6 amide bonds. The average molecular weight is 1150 g/mol. The SMILES string of the molecule is N=C(N)C(CCCCNC(=O)CCC(NC(=O)CCC(NC(=O)COCCOCCNC(=O)COCCOCCNC(=O)CCC(NC(=O)CCCCCCCCCCCCCCCCC(=O)O)C(=O)O)C(=O)O)C(=O)O)NS. The summed E-state index contributed by atoms with van der Waals surface area (Å²) < 4.78 is 23.8. The van der Waals surface area contributed by atoms with E-state index in [0.717, 1.165) is 51.4 Å². The van der Waals surface area contributed by atoms with Gasteiger partial charge in [0.25, 0.3) is 0 Å². The second-order valence-electron chi connectivity index (χ2n) is 18.8. The minimum Gasteiger partial charge on any atom is -0.481 e. The molecule has 4 atom stereocenters. The van der Waals surface area contributed by atoms with Gasteiger partial charge in [0.2, 0.25) is 35.4 Å². The Balaban J connectivity index is 3.97. The maximum Gasteiger partial charge on any atom is 0.326 e. The Bertz CT molecular complexity index is 1800. The van der Waals surface area contributed by atoms with Crippen LogP contribution in [0.15, 0.2) is 0 Å². The minimum atomic E-state index is -1.48. The van der Waals surface area contributed by atoms with Gasteiger partial charge in [-0.05, 0) is 51.4 Å². The van der Waals surface area contributed by atoms with Crippen molar-refractivity contribution in [1.29, 1.82) is 5.41 Å². The van der Waals surface area contributed by atoms with Gasteiger partial charge in [0.05, 0.1) is 45.7 Å². The predicted octanol–water partition coefficient (Wildman–Crippen LogP) is 1.69. The maximum absolute atomic E-state index is 12.5. The number of nitrogens with two attached hydrogens (primary N) is 1. The van der Waals surface area contributed by atoms with E-state index in [4.69, 9.17) is 35.2 Å². The van der Waals surface area contributed by atoms with Crippen molar-refractivity contribution < 1.29 is 87.3 Å². The molecule has 0 bridgehead atoms. The molecule has 4 unspecified atom stereocenters. The zero-order chi connectivity index (χ0) is 58.9. The molecule has 0 aliphatic heterocycles. The molecule has 0 heterocycles. The maximum atomic E-state index is 12.5. The fraction of sp³-hybridized carbons (Fsp3) is 0.784. The number of aliphatic carboxylic acids is 4. The molecular formula is C51H91N9O18S. The third kappa shape index (κ3) is 45.8. The Kier molecular flexibility index (Phi) is 45.8. The average Bonchev–Trinajstić information content (AvgIpc) is 3.39. The number of carboxylic acid groups (broad SMARTS) is 4. The Morgan fingerprint density at radius 2 is 0.734 bits per heavy atom. The fourth-order valence-corrected chi connectivity index (χ4v) is 7.83. The molecule has 0 radical (unpaired) electrons. The van der Waals surface area contributed by atoms with Gasteiger partial charge in [-0.3, -0.25) is 43.7 Å². The Morgan fingerprint density at radius 1 is 0.380 bits per heavy atom. The van der Waals surface area contributed by atoms with Crippen molar-refractivity contribution in [2.24, 2.45) is 5.73 Å². The summed E-state index contributed by atoms with van der Waals surface area (Å²) in [6, 6.07) is -4.47. The lowest BCUT2D eigenvalue weighted by Crippen LogP contribution is -2.45. The Labute approximate surface area is 468 Å². The van der Waals surface area contributed by atoms with Crippen molar-refractivity contribution in [2.75, 3.05) is 72.5 Å². The van der Waals surface area contributed by atoms with Gasteiger partial charge in [-0.2, -0.15) is 0 Å². The van der Waals surface area contributed by atoms with Crippen LogP contribution in [0.1, 0.15) is 161 Å². The van der Waals surface area contributed by atoms with Crippen LogP contribution in [0.3, 0.4) is 0 Å². The summed E-state index contributed by atoms with van der Waals surface area (Å²) in [5.74, 6) is -8.00. The summed E-state index contributed by atoms with van der Waals surface area (Å²) in [7, 11) is 0. The molecule has 0 aromatic rings. The summed E-state index contributed by atoms with van der Waals surface area (Å²) in [4.78, 5) is 119. The van der Waals surface area contributed by atoms with Crippen molar-refractivity contribution in [3.05, 3.63) is 0 Å². The van der Waals surface area contributed by atoms with Crippen LogP contribution in [0.4, 0.5) is 0 Å². The molecule has 28 heteroatoms. The van der Waals surface area contributed by atoms with E-state index in [0.29, 0.717) is 32.2 Å². The summed E-state index contributed by atoms with van der Waals surface area (Å²) in [5.41, 5.74) is 5.44. The van der Waals surface area contributed by atoms with E-state index in [1.54, 1.807) is 0 Å². The molecule has 0 saturated heterocycles. The van der Waals surface area contributed by atoms with E-state index in [1.165, 1.54) is 32.1 Å². The topological polar surface area (TPSA) is 423 Å². The second-order valence-corrected chi connectivity index (χ2v) is 19.1. The number of carbonyl (C=O) groups excluding carboxylic acids is 6. The van der Waals surface area contributed by atoms with E-state index in [-0.39, 0.29) is 116 Å². The molecule has 0 aromatic carbocycles. The Morgan fingerprint density at radius 3 is 1.15 bits per heavy atom. The second kappa shape index (κ2) is 49.4. The minimum absolute atomic E-state index is 0.0393. The number of ether oxygens (including phenoxy) is 4. The lowest BCUT2D eigenvalue weighted by atomic mass is 10.0. The first-order chi connectivity index (χ1) is 37.9. The third-order valence-corrected chi connectivity index (χ3v) is 12.4. The van der Waals surface area contributed by atoms with Crippen LogP contribution in [-0.2, 0) is 66.9 Å². The summed E-state index contributed by atoms with van der Waals surface area (Å²) >= 11 is 3.91. The quantitative estimate of drug-likeness (QED) is 0.0178. The number of thiol groups is 1. The van der Waals surface area contributed by atoms with Gasteiger partial charge in [-0.1, -0.05) is 89.9 Å². The molecule has 0 aliphatic carbocycles. The number of unbranched alkanes of at least 4 members (excludes halogenated alkanes) is 14. The van der Waals surface area contributed by atoms with Crippen LogP contribution in [-0.4, -0.2) is 182 Å². The molecule has 27 nitrogen and oxygen atoms in total. The van der Waals surface area contributed by atoms with Gasteiger partial charge >= 0.3 is 23.9 Å². The van der Waals surface area contributed by atoms with E-state index in [2.05, 4.69) is 49.4 Å². The Hall–Kier alpha value is -5.68. The first-order valence-electron chi connectivity index (χ1n) is 27.5. The molecule has 454 valence electrons.